The number of carbonyl (C=O) groups is 1. The van der Waals surface area contributed by atoms with Crippen LogP contribution >= 0.6 is 12.4 Å². The molecule has 0 heterocycles. The summed E-state index contributed by atoms with van der Waals surface area (Å²) in [7, 11) is 0. The Kier molecular flexibility index (Phi) is 8.24. The molecule has 1 fully saturated rings. The van der Waals surface area contributed by atoms with Crippen LogP contribution in [-0.4, -0.2) is 30.8 Å². The zero-order valence-electron chi connectivity index (χ0n) is 12.7. The van der Waals surface area contributed by atoms with Crippen molar-refractivity contribution in [2.45, 2.75) is 25.8 Å². The van der Waals surface area contributed by atoms with Gasteiger partial charge in [-0.2, -0.15) is 0 Å². The van der Waals surface area contributed by atoms with Gasteiger partial charge in [0, 0.05) is 12.5 Å². The molecule has 2 atom stereocenters. The highest BCUT2D eigenvalue weighted by molar-refractivity contribution is 5.85. The summed E-state index contributed by atoms with van der Waals surface area (Å²) in [5.41, 5.74) is 6.74. The van der Waals surface area contributed by atoms with Gasteiger partial charge in [-0.05, 0) is 43.0 Å². The third kappa shape index (κ3) is 5.16. The molecule has 0 saturated heterocycles. The minimum Gasteiger partial charge on any atom is -0.491 e. The van der Waals surface area contributed by atoms with Crippen molar-refractivity contribution in [3.8, 4) is 5.75 Å². The molecule has 6 heteroatoms. The van der Waals surface area contributed by atoms with Gasteiger partial charge in [0.15, 0.2) is 0 Å². The molecule has 0 unspecified atom stereocenters. The van der Waals surface area contributed by atoms with E-state index in [4.69, 9.17) is 15.6 Å². The van der Waals surface area contributed by atoms with Crippen LogP contribution in [0, 0.1) is 11.8 Å². The Morgan fingerprint density at radius 1 is 1.32 bits per heavy atom. The topological polar surface area (TPSA) is 84.6 Å². The number of hydrogen-bond donors (Lipinski definition) is 3. The molecule has 0 aromatic heterocycles. The van der Waals surface area contributed by atoms with E-state index in [1.807, 2.05) is 24.3 Å². The van der Waals surface area contributed by atoms with Crippen LogP contribution in [0.5, 0.6) is 5.75 Å². The van der Waals surface area contributed by atoms with E-state index in [0.29, 0.717) is 19.0 Å². The Bertz CT molecular complexity index is 453. The van der Waals surface area contributed by atoms with Crippen molar-refractivity contribution in [2.24, 2.45) is 17.6 Å². The lowest BCUT2D eigenvalue weighted by molar-refractivity contribution is -0.126. The molecule has 0 radical (unpaired) electrons. The smallest absolute Gasteiger partial charge is 0.223 e. The highest BCUT2D eigenvalue weighted by Crippen LogP contribution is 2.31. The number of benzene rings is 1. The summed E-state index contributed by atoms with van der Waals surface area (Å²) in [6.07, 6.45) is 3.10. The minimum absolute atomic E-state index is 0. The highest BCUT2D eigenvalue weighted by atomic mass is 35.5. The first-order valence-corrected chi connectivity index (χ1v) is 7.55. The van der Waals surface area contributed by atoms with Gasteiger partial charge >= 0.3 is 0 Å². The first kappa shape index (κ1) is 18.7. The average molecular weight is 329 g/mol. The summed E-state index contributed by atoms with van der Waals surface area (Å²) in [5.74, 6) is 1.24. The van der Waals surface area contributed by atoms with Crippen molar-refractivity contribution >= 4 is 18.3 Å². The van der Waals surface area contributed by atoms with Crippen molar-refractivity contribution in [2.75, 3.05) is 19.8 Å². The van der Waals surface area contributed by atoms with Gasteiger partial charge in [-0.25, -0.2) is 0 Å². The number of rotatable bonds is 7. The van der Waals surface area contributed by atoms with Gasteiger partial charge in [-0.15, -0.1) is 12.4 Å². The van der Waals surface area contributed by atoms with E-state index in [2.05, 4.69) is 5.32 Å². The highest BCUT2D eigenvalue weighted by Gasteiger charge is 2.31. The molecule has 2 rings (SSSR count). The molecule has 0 bridgehead atoms. The fraction of sp³-hybridized carbons (Fsp3) is 0.562. The predicted molar refractivity (Wildman–Crippen MR) is 88.0 cm³/mol. The van der Waals surface area contributed by atoms with E-state index >= 15 is 0 Å². The van der Waals surface area contributed by atoms with Crippen LogP contribution in [0.25, 0.3) is 0 Å². The van der Waals surface area contributed by atoms with Crippen molar-refractivity contribution in [3.05, 3.63) is 29.8 Å². The zero-order chi connectivity index (χ0) is 15.1. The van der Waals surface area contributed by atoms with E-state index < -0.39 is 0 Å². The lowest BCUT2D eigenvalue weighted by Crippen LogP contribution is -2.34. The molecule has 0 spiro atoms. The molecule has 1 aromatic rings. The molecule has 22 heavy (non-hydrogen) atoms. The molecule has 1 aliphatic carbocycles. The van der Waals surface area contributed by atoms with E-state index in [1.165, 1.54) is 0 Å². The Hall–Kier alpha value is -1.30. The van der Waals surface area contributed by atoms with Crippen LogP contribution < -0.4 is 15.8 Å². The van der Waals surface area contributed by atoms with Crippen molar-refractivity contribution in [1.29, 1.82) is 0 Å². The maximum absolute atomic E-state index is 12.2. The standard InChI is InChI=1S/C16H24N2O3.ClH/c17-10-13-2-1-3-15(13)16(20)18-11-12-4-6-14(7-5-12)21-9-8-19;/h4-7,13,15,19H,1-3,8-11,17H2,(H,18,20);1H/t13-,15-;/m1./s1. The fourth-order valence-corrected chi connectivity index (χ4v) is 2.85. The number of amides is 1. The Balaban J connectivity index is 0.00000242. The number of nitrogens with one attached hydrogen (secondary N) is 1. The molecule has 124 valence electrons. The monoisotopic (exact) mass is 328 g/mol. The third-order valence-corrected chi connectivity index (χ3v) is 4.05. The largest absolute Gasteiger partial charge is 0.491 e. The summed E-state index contributed by atoms with van der Waals surface area (Å²) < 4.78 is 5.29. The second-order valence-electron chi connectivity index (χ2n) is 5.47. The zero-order valence-corrected chi connectivity index (χ0v) is 13.5. The van der Waals surface area contributed by atoms with Crippen molar-refractivity contribution < 1.29 is 14.6 Å². The van der Waals surface area contributed by atoms with Gasteiger partial charge in [0.2, 0.25) is 5.91 Å². The van der Waals surface area contributed by atoms with E-state index in [0.717, 1.165) is 30.6 Å². The van der Waals surface area contributed by atoms with Gasteiger partial charge in [0.1, 0.15) is 12.4 Å². The van der Waals surface area contributed by atoms with Gasteiger partial charge in [-0.3, -0.25) is 4.79 Å². The summed E-state index contributed by atoms with van der Waals surface area (Å²) in [6.45, 7) is 1.40. The maximum atomic E-state index is 12.2. The summed E-state index contributed by atoms with van der Waals surface area (Å²) in [5, 5.41) is 11.7. The van der Waals surface area contributed by atoms with Gasteiger partial charge in [0.25, 0.3) is 0 Å². The maximum Gasteiger partial charge on any atom is 0.223 e. The van der Waals surface area contributed by atoms with E-state index in [1.54, 1.807) is 0 Å². The van der Waals surface area contributed by atoms with Gasteiger partial charge in [-0.1, -0.05) is 18.6 Å². The van der Waals surface area contributed by atoms with Crippen LogP contribution in [0.4, 0.5) is 0 Å². The Morgan fingerprint density at radius 3 is 2.68 bits per heavy atom. The number of ether oxygens (including phenoxy) is 1. The number of halogens is 1. The number of aliphatic hydroxyl groups excluding tert-OH is 1. The number of carbonyl (C=O) groups excluding carboxylic acids is 1. The second kappa shape index (κ2) is 9.66. The summed E-state index contributed by atoms with van der Waals surface area (Å²) in [6, 6.07) is 7.52. The van der Waals surface area contributed by atoms with E-state index in [9.17, 15) is 4.79 Å². The van der Waals surface area contributed by atoms with Crippen molar-refractivity contribution in [1.82, 2.24) is 5.32 Å². The molecular weight excluding hydrogens is 304 g/mol. The SMILES string of the molecule is Cl.NC[C@H]1CCC[C@H]1C(=O)NCc1ccc(OCCO)cc1. The van der Waals surface area contributed by atoms with Crippen LogP contribution in [-0.2, 0) is 11.3 Å². The lowest BCUT2D eigenvalue weighted by atomic mass is 9.95. The summed E-state index contributed by atoms with van der Waals surface area (Å²) in [4.78, 5) is 12.2. The molecule has 1 aliphatic rings. The first-order chi connectivity index (χ1) is 10.2. The predicted octanol–water partition coefficient (Wildman–Crippen LogP) is 1.47. The molecule has 4 N–H and O–H groups in total. The van der Waals surface area contributed by atoms with Crippen LogP contribution in [0.2, 0.25) is 0 Å². The third-order valence-electron chi connectivity index (χ3n) is 4.05. The first-order valence-electron chi connectivity index (χ1n) is 7.55. The van der Waals surface area contributed by atoms with Gasteiger partial charge < -0.3 is 20.9 Å². The van der Waals surface area contributed by atoms with Crippen molar-refractivity contribution in [3.63, 3.8) is 0 Å². The number of aliphatic hydroxyl groups is 1. The second-order valence-corrected chi connectivity index (χ2v) is 5.47. The minimum atomic E-state index is 0. The fourth-order valence-electron chi connectivity index (χ4n) is 2.85. The average Bonchev–Trinajstić information content (AvgIpc) is 3.00. The normalized spacial score (nSPS) is 20.3. The molecule has 0 aliphatic heterocycles. The van der Waals surface area contributed by atoms with Crippen LogP contribution in [0.3, 0.4) is 0 Å². The van der Waals surface area contributed by atoms with Crippen LogP contribution in [0.1, 0.15) is 24.8 Å². The molecule has 1 amide bonds. The quantitative estimate of drug-likeness (QED) is 0.707. The summed E-state index contributed by atoms with van der Waals surface area (Å²) >= 11 is 0. The molecule has 5 nitrogen and oxygen atoms in total. The van der Waals surface area contributed by atoms with Crippen LogP contribution in [0.15, 0.2) is 24.3 Å². The van der Waals surface area contributed by atoms with E-state index in [-0.39, 0.29) is 37.4 Å². The molecule has 1 aromatic carbocycles. The lowest BCUT2D eigenvalue weighted by Gasteiger charge is -2.17. The Labute approximate surface area is 137 Å². The molecular formula is C16H25ClN2O3. The number of nitrogens with two attached hydrogens (primary N) is 1. The molecule has 1 saturated carbocycles. The Morgan fingerprint density at radius 2 is 2.05 bits per heavy atom. The number of hydrogen-bond acceptors (Lipinski definition) is 4. The van der Waals surface area contributed by atoms with Gasteiger partial charge in [0.05, 0.1) is 6.61 Å².